The van der Waals surface area contributed by atoms with E-state index in [1.54, 1.807) is 26.0 Å². The molecule has 8 heteroatoms. The molecule has 2 rings (SSSR count). The van der Waals surface area contributed by atoms with Crippen LogP contribution in [0.2, 0.25) is 0 Å². The van der Waals surface area contributed by atoms with Gasteiger partial charge in [0, 0.05) is 0 Å². The second-order valence-corrected chi connectivity index (χ2v) is 8.25. The maximum atomic E-state index is 12.6. The Labute approximate surface area is 163 Å². The highest BCUT2D eigenvalue weighted by molar-refractivity contribution is 7.87. The third kappa shape index (κ3) is 6.15. The van der Waals surface area contributed by atoms with Crippen LogP contribution in [0.3, 0.4) is 0 Å². The molecule has 0 radical (unpaired) electrons. The monoisotopic (exact) mass is 416 g/mol. The van der Waals surface area contributed by atoms with Crippen LogP contribution in [0.5, 0.6) is 17.2 Å². The van der Waals surface area contributed by atoms with Crippen molar-refractivity contribution in [3.8, 4) is 17.2 Å². The molecule has 0 saturated heterocycles. The molecule has 0 aliphatic heterocycles. The highest BCUT2D eigenvalue weighted by Gasteiger charge is 2.30. The van der Waals surface area contributed by atoms with E-state index in [0.29, 0.717) is 23.3 Å². The van der Waals surface area contributed by atoms with Gasteiger partial charge in [-0.15, -0.1) is 0 Å². The largest absolute Gasteiger partial charge is 0.457 e. The van der Waals surface area contributed by atoms with Crippen LogP contribution in [-0.4, -0.2) is 14.2 Å². The number of halogens is 3. The summed E-state index contributed by atoms with van der Waals surface area (Å²) in [6, 6.07) is 7.51. The molecule has 0 aliphatic rings. The van der Waals surface area contributed by atoms with E-state index < -0.39 is 21.9 Å². The lowest BCUT2D eigenvalue weighted by atomic mass is 10.1. The molecular weight excluding hydrogens is 393 g/mol. The predicted molar refractivity (Wildman–Crippen MR) is 101 cm³/mol. The molecule has 0 unspecified atom stereocenters. The Kier molecular flexibility index (Phi) is 6.98. The SMILES string of the molecule is CCCCCS(=O)(=O)Oc1cc(C)c(Oc2ccc(C(F)(F)F)cc2)cc1C. The molecule has 0 spiro atoms. The Morgan fingerprint density at radius 1 is 0.929 bits per heavy atom. The third-order valence-electron chi connectivity index (χ3n) is 4.10. The van der Waals surface area contributed by atoms with E-state index in [9.17, 15) is 21.6 Å². The van der Waals surface area contributed by atoms with Gasteiger partial charge in [-0.1, -0.05) is 19.8 Å². The fourth-order valence-electron chi connectivity index (χ4n) is 2.51. The second kappa shape index (κ2) is 8.86. The summed E-state index contributed by atoms with van der Waals surface area (Å²) in [6.07, 6.45) is -2.16. The van der Waals surface area contributed by atoms with Gasteiger partial charge in [0.05, 0.1) is 11.3 Å². The fourth-order valence-corrected chi connectivity index (χ4v) is 3.60. The number of unbranched alkanes of at least 4 members (excludes halogenated alkanes) is 2. The van der Waals surface area contributed by atoms with Gasteiger partial charge in [-0.25, -0.2) is 0 Å². The van der Waals surface area contributed by atoms with Crippen molar-refractivity contribution >= 4 is 10.1 Å². The Hall–Kier alpha value is -2.22. The molecule has 2 aromatic rings. The topological polar surface area (TPSA) is 52.6 Å². The molecule has 0 heterocycles. The summed E-state index contributed by atoms with van der Waals surface area (Å²) in [4.78, 5) is 0. The second-order valence-electron chi connectivity index (χ2n) is 6.56. The van der Waals surface area contributed by atoms with Gasteiger partial charge < -0.3 is 8.92 Å². The average Bonchev–Trinajstić information content (AvgIpc) is 2.59. The molecular formula is C20H23F3O4S. The van der Waals surface area contributed by atoms with Gasteiger partial charge in [0.1, 0.15) is 17.2 Å². The molecule has 154 valence electrons. The van der Waals surface area contributed by atoms with Crippen LogP contribution in [-0.2, 0) is 16.3 Å². The van der Waals surface area contributed by atoms with Crippen molar-refractivity contribution in [1.29, 1.82) is 0 Å². The lowest BCUT2D eigenvalue weighted by Crippen LogP contribution is -2.14. The van der Waals surface area contributed by atoms with Gasteiger partial charge in [-0.3, -0.25) is 0 Å². The first-order chi connectivity index (χ1) is 13.0. The normalized spacial score (nSPS) is 12.1. The first kappa shape index (κ1) is 22.1. The summed E-state index contributed by atoms with van der Waals surface area (Å²) in [6.45, 7) is 5.36. The molecule has 2 aromatic carbocycles. The number of benzene rings is 2. The van der Waals surface area contributed by atoms with Crippen molar-refractivity contribution < 1.29 is 30.5 Å². The Bertz CT molecular complexity index is 904. The van der Waals surface area contributed by atoms with Gasteiger partial charge in [-0.2, -0.15) is 21.6 Å². The van der Waals surface area contributed by atoms with Gasteiger partial charge in [0.15, 0.2) is 0 Å². The van der Waals surface area contributed by atoms with Crippen LogP contribution < -0.4 is 8.92 Å². The predicted octanol–water partition coefficient (Wildman–Crippen LogP) is 6.01. The highest BCUT2D eigenvalue weighted by atomic mass is 32.2. The summed E-state index contributed by atoms with van der Waals surface area (Å²) >= 11 is 0. The van der Waals surface area contributed by atoms with E-state index in [-0.39, 0.29) is 17.3 Å². The minimum Gasteiger partial charge on any atom is -0.457 e. The zero-order valence-electron chi connectivity index (χ0n) is 16.0. The molecule has 4 nitrogen and oxygen atoms in total. The molecule has 0 fully saturated rings. The van der Waals surface area contributed by atoms with E-state index in [2.05, 4.69) is 0 Å². The Balaban J connectivity index is 2.15. The number of aryl methyl sites for hydroxylation is 2. The first-order valence-electron chi connectivity index (χ1n) is 8.90. The molecule has 0 atom stereocenters. The van der Waals surface area contributed by atoms with Crippen molar-refractivity contribution in [3.05, 3.63) is 53.1 Å². The third-order valence-corrected chi connectivity index (χ3v) is 5.32. The van der Waals surface area contributed by atoms with E-state index in [1.165, 1.54) is 12.1 Å². The van der Waals surface area contributed by atoms with Crippen LogP contribution in [0.15, 0.2) is 36.4 Å². The smallest absolute Gasteiger partial charge is 0.416 e. The number of rotatable bonds is 8. The number of hydrogen-bond acceptors (Lipinski definition) is 4. The number of ether oxygens (including phenoxy) is 1. The van der Waals surface area contributed by atoms with Crippen molar-refractivity contribution in [1.82, 2.24) is 0 Å². The summed E-state index contributed by atoms with van der Waals surface area (Å²) in [7, 11) is -3.68. The van der Waals surface area contributed by atoms with Crippen LogP contribution >= 0.6 is 0 Å². The van der Waals surface area contributed by atoms with E-state index in [0.717, 1.165) is 25.0 Å². The highest BCUT2D eigenvalue weighted by Crippen LogP contribution is 2.34. The van der Waals surface area contributed by atoms with Crippen LogP contribution in [0.25, 0.3) is 0 Å². The quantitative estimate of drug-likeness (QED) is 0.390. The van der Waals surface area contributed by atoms with Gasteiger partial charge in [-0.05, 0) is 67.8 Å². The summed E-state index contributed by atoms with van der Waals surface area (Å²) < 4.78 is 72.9. The molecule has 28 heavy (non-hydrogen) atoms. The number of alkyl halides is 3. The lowest BCUT2D eigenvalue weighted by Gasteiger charge is -2.14. The number of hydrogen-bond donors (Lipinski definition) is 0. The van der Waals surface area contributed by atoms with E-state index in [4.69, 9.17) is 8.92 Å². The molecule has 0 aromatic heterocycles. The van der Waals surface area contributed by atoms with E-state index in [1.807, 2.05) is 6.92 Å². The maximum Gasteiger partial charge on any atom is 0.416 e. The van der Waals surface area contributed by atoms with Crippen molar-refractivity contribution in [3.63, 3.8) is 0 Å². The van der Waals surface area contributed by atoms with E-state index >= 15 is 0 Å². The zero-order chi connectivity index (χ0) is 20.9. The van der Waals surface area contributed by atoms with Crippen molar-refractivity contribution in [2.24, 2.45) is 0 Å². The summed E-state index contributed by atoms with van der Waals surface area (Å²) in [5, 5.41) is 0. The zero-order valence-corrected chi connectivity index (χ0v) is 16.8. The van der Waals surface area contributed by atoms with Crippen LogP contribution in [0, 0.1) is 13.8 Å². The Morgan fingerprint density at radius 3 is 2.07 bits per heavy atom. The van der Waals surface area contributed by atoms with Crippen LogP contribution in [0.1, 0.15) is 42.9 Å². The summed E-state index contributed by atoms with van der Waals surface area (Å²) in [5.74, 6) is 0.821. The average molecular weight is 416 g/mol. The van der Waals surface area contributed by atoms with Crippen molar-refractivity contribution in [2.75, 3.05) is 5.75 Å². The first-order valence-corrected chi connectivity index (χ1v) is 10.5. The molecule has 0 aliphatic carbocycles. The summed E-state index contributed by atoms with van der Waals surface area (Å²) in [5.41, 5.74) is 0.389. The minimum absolute atomic E-state index is 0.0524. The van der Waals surface area contributed by atoms with Gasteiger partial charge in [0.2, 0.25) is 0 Å². The lowest BCUT2D eigenvalue weighted by molar-refractivity contribution is -0.137. The molecule has 0 bridgehead atoms. The van der Waals surface area contributed by atoms with Gasteiger partial charge >= 0.3 is 16.3 Å². The molecule has 0 saturated carbocycles. The minimum atomic E-state index is -4.41. The molecule has 0 N–H and O–H groups in total. The van der Waals surface area contributed by atoms with Crippen LogP contribution in [0.4, 0.5) is 13.2 Å². The maximum absolute atomic E-state index is 12.6. The molecule has 0 amide bonds. The Morgan fingerprint density at radius 2 is 1.50 bits per heavy atom. The fraction of sp³-hybridized carbons (Fsp3) is 0.400. The standard InChI is InChI=1S/C20H23F3O4S/c1-4-5-6-11-28(24,25)27-19-13-14(2)18(12-15(19)3)26-17-9-7-16(8-10-17)20(21,22)23/h7-10,12-13H,4-6,11H2,1-3H3. The van der Waals surface area contributed by atoms with Crippen molar-refractivity contribution in [2.45, 2.75) is 46.2 Å². The van der Waals surface area contributed by atoms with Gasteiger partial charge in [0.25, 0.3) is 0 Å².